The van der Waals surface area contributed by atoms with E-state index in [-0.39, 0.29) is 32.5 Å². The van der Waals surface area contributed by atoms with Crippen LogP contribution in [0.3, 0.4) is 0 Å². The molecule has 0 aliphatic heterocycles. The van der Waals surface area contributed by atoms with E-state index in [1.54, 1.807) is 12.1 Å². The summed E-state index contributed by atoms with van der Waals surface area (Å²) < 4.78 is 10.9. The van der Waals surface area contributed by atoms with Crippen LogP contribution in [0.25, 0.3) is 0 Å². The van der Waals surface area contributed by atoms with Crippen molar-refractivity contribution in [2.45, 2.75) is 47.0 Å². The number of carbonyl (C=O) groups excluding carboxylic acids is 4. The number of benzene rings is 2. The molecule has 2 aromatic rings. The van der Waals surface area contributed by atoms with Gasteiger partial charge < -0.3 is 9.47 Å². The molecule has 10 heteroatoms. The summed E-state index contributed by atoms with van der Waals surface area (Å²) in [7, 11) is 0. The first kappa shape index (κ1) is 27.2. The van der Waals surface area contributed by atoms with E-state index >= 15 is 0 Å². The maximum Gasteiger partial charge on any atom is 0.276 e. The van der Waals surface area contributed by atoms with Crippen LogP contribution in [0.5, 0.6) is 11.5 Å². The number of amides is 4. The molecule has 0 bridgehead atoms. The first-order valence-electron chi connectivity index (χ1n) is 11.2. The number of hydrazine groups is 2. The van der Waals surface area contributed by atoms with Gasteiger partial charge in [0.15, 0.2) is 13.2 Å². The molecule has 2 aromatic carbocycles. The zero-order valence-corrected chi connectivity index (χ0v) is 20.4. The van der Waals surface area contributed by atoms with Crippen LogP contribution in [-0.2, 0) is 19.2 Å². The van der Waals surface area contributed by atoms with Gasteiger partial charge in [-0.2, -0.15) is 0 Å². The van der Waals surface area contributed by atoms with Gasteiger partial charge in [-0.3, -0.25) is 40.9 Å². The van der Waals surface area contributed by atoms with Gasteiger partial charge in [-0.25, -0.2) is 0 Å². The summed E-state index contributed by atoms with van der Waals surface area (Å²) in [6.07, 6.45) is 0.242. The van der Waals surface area contributed by atoms with Crippen molar-refractivity contribution in [3.05, 3.63) is 58.7 Å². The highest BCUT2D eigenvalue weighted by atomic mass is 16.5. The maximum atomic E-state index is 11.8. The summed E-state index contributed by atoms with van der Waals surface area (Å²) in [5.74, 6) is -0.755. The first-order valence-corrected chi connectivity index (χ1v) is 11.2. The first-order chi connectivity index (χ1) is 16.6. The number of rotatable bonds is 10. The maximum absolute atomic E-state index is 11.8. The van der Waals surface area contributed by atoms with E-state index in [0.29, 0.717) is 11.5 Å². The molecule has 4 N–H and O–H groups in total. The van der Waals surface area contributed by atoms with Crippen LogP contribution >= 0.6 is 0 Å². The Kier molecular flexibility index (Phi) is 10.5. The Labute approximate surface area is 204 Å². The predicted octanol–water partition coefficient (Wildman–Crippen LogP) is 1.84. The monoisotopic (exact) mass is 484 g/mol. The molecule has 0 radical (unpaired) electrons. The van der Waals surface area contributed by atoms with Crippen molar-refractivity contribution < 1.29 is 28.7 Å². The molecule has 4 amide bonds. The fourth-order valence-electron chi connectivity index (χ4n) is 3.09. The highest BCUT2D eigenvalue weighted by molar-refractivity contribution is 5.84. The number of ether oxygens (including phenoxy) is 2. The van der Waals surface area contributed by atoms with E-state index in [9.17, 15) is 19.2 Å². The third-order valence-electron chi connectivity index (χ3n) is 4.87. The molecule has 35 heavy (non-hydrogen) atoms. The van der Waals surface area contributed by atoms with Crippen molar-refractivity contribution in [2.24, 2.45) is 0 Å². The Balaban J connectivity index is 1.55. The topological polar surface area (TPSA) is 135 Å². The molecule has 2 rings (SSSR count). The van der Waals surface area contributed by atoms with Gasteiger partial charge >= 0.3 is 0 Å². The normalized spacial score (nSPS) is 10.2. The third-order valence-corrected chi connectivity index (χ3v) is 4.87. The Morgan fingerprint density at radius 1 is 0.600 bits per heavy atom. The average Bonchev–Trinajstić information content (AvgIpc) is 2.80. The predicted molar refractivity (Wildman–Crippen MR) is 129 cm³/mol. The lowest BCUT2D eigenvalue weighted by Crippen LogP contribution is -2.44. The number of carbonyl (C=O) groups is 4. The molecule has 0 atom stereocenters. The highest BCUT2D eigenvalue weighted by Gasteiger charge is 2.10. The van der Waals surface area contributed by atoms with E-state index < -0.39 is 23.6 Å². The van der Waals surface area contributed by atoms with Gasteiger partial charge in [-0.1, -0.05) is 35.4 Å². The van der Waals surface area contributed by atoms with E-state index in [1.165, 1.54) is 0 Å². The van der Waals surface area contributed by atoms with Crippen LogP contribution in [0.2, 0.25) is 0 Å². The molecule has 188 valence electrons. The molecule has 0 unspecified atom stereocenters. The largest absolute Gasteiger partial charge is 0.483 e. The average molecular weight is 485 g/mol. The second kappa shape index (κ2) is 13.6. The number of nitrogens with one attached hydrogen (secondary N) is 4. The Hall–Kier alpha value is -4.08. The minimum absolute atomic E-state index is 0.00931. The highest BCUT2D eigenvalue weighted by Crippen LogP contribution is 2.19. The van der Waals surface area contributed by atoms with Crippen LogP contribution in [-0.4, -0.2) is 36.8 Å². The molecular formula is C25H32N4O6. The second-order valence-corrected chi connectivity index (χ2v) is 8.16. The summed E-state index contributed by atoms with van der Waals surface area (Å²) in [6.45, 7) is 7.18. The zero-order valence-electron chi connectivity index (χ0n) is 20.4. The summed E-state index contributed by atoms with van der Waals surface area (Å²) >= 11 is 0. The molecule has 0 saturated heterocycles. The Morgan fingerprint density at radius 3 is 1.34 bits per heavy atom. The van der Waals surface area contributed by atoms with Crippen molar-refractivity contribution in [1.29, 1.82) is 0 Å². The van der Waals surface area contributed by atoms with E-state index in [4.69, 9.17) is 9.47 Å². The summed E-state index contributed by atoms with van der Waals surface area (Å²) in [6, 6.07) is 11.2. The van der Waals surface area contributed by atoms with Gasteiger partial charge in [0.25, 0.3) is 11.8 Å². The smallest absolute Gasteiger partial charge is 0.276 e. The Bertz CT molecular complexity index is 986. The van der Waals surface area contributed by atoms with E-state index in [2.05, 4.69) is 21.7 Å². The third kappa shape index (κ3) is 10.2. The molecule has 0 saturated carbocycles. The van der Waals surface area contributed by atoms with Gasteiger partial charge in [0, 0.05) is 12.8 Å². The van der Waals surface area contributed by atoms with Crippen molar-refractivity contribution in [2.75, 3.05) is 13.2 Å². The van der Waals surface area contributed by atoms with Crippen LogP contribution in [0.1, 0.15) is 41.5 Å². The van der Waals surface area contributed by atoms with Crippen LogP contribution < -0.4 is 31.2 Å². The molecule has 0 aliphatic rings. The molecule has 10 nitrogen and oxygen atoms in total. The summed E-state index contributed by atoms with van der Waals surface area (Å²) in [5, 5.41) is 0. The quantitative estimate of drug-likeness (QED) is 0.380. The standard InChI is InChI=1S/C25H32N4O6/c1-16-8-10-20(18(3)12-16)34-14-24(32)28-26-22(30)6-5-7-23(31)27-29-25(33)15-35-21-11-9-17(2)13-19(21)4/h8-13H,5-7,14-15H2,1-4H3,(H,26,30)(H,27,31)(H,28,32)(H,29,33). The lowest BCUT2D eigenvalue weighted by atomic mass is 10.1. The van der Waals surface area contributed by atoms with Crippen LogP contribution in [0, 0.1) is 27.7 Å². The number of aryl methyl sites for hydroxylation is 4. The van der Waals surface area contributed by atoms with Crippen molar-refractivity contribution >= 4 is 23.6 Å². The summed E-state index contributed by atoms with van der Waals surface area (Å²) in [4.78, 5) is 47.4. The molecule has 0 heterocycles. The minimum Gasteiger partial charge on any atom is -0.483 e. The Morgan fingerprint density at radius 2 is 0.971 bits per heavy atom. The number of hydrogen-bond acceptors (Lipinski definition) is 6. The zero-order chi connectivity index (χ0) is 25.8. The molecule has 0 aromatic heterocycles. The van der Waals surface area contributed by atoms with Crippen LogP contribution in [0.4, 0.5) is 0 Å². The van der Waals surface area contributed by atoms with E-state index in [0.717, 1.165) is 22.3 Å². The fraction of sp³-hybridized carbons (Fsp3) is 0.360. The minimum atomic E-state index is -0.512. The second-order valence-electron chi connectivity index (χ2n) is 8.16. The van der Waals surface area contributed by atoms with Gasteiger partial charge in [0.2, 0.25) is 11.8 Å². The van der Waals surface area contributed by atoms with Gasteiger partial charge in [0.1, 0.15) is 11.5 Å². The molecule has 0 fully saturated rings. The van der Waals surface area contributed by atoms with Gasteiger partial charge in [0.05, 0.1) is 0 Å². The van der Waals surface area contributed by atoms with Gasteiger partial charge in [-0.05, 0) is 57.4 Å². The molecular weight excluding hydrogens is 452 g/mol. The van der Waals surface area contributed by atoms with Crippen LogP contribution in [0.15, 0.2) is 36.4 Å². The molecule has 0 spiro atoms. The SMILES string of the molecule is Cc1ccc(OCC(=O)NNC(=O)CCCC(=O)NNC(=O)COc2ccc(C)cc2C)c(C)c1. The lowest BCUT2D eigenvalue weighted by Gasteiger charge is -2.11. The van der Waals surface area contributed by atoms with Crippen molar-refractivity contribution in [3.63, 3.8) is 0 Å². The van der Waals surface area contributed by atoms with Crippen molar-refractivity contribution in [3.8, 4) is 11.5 Å². The van der Waals surface area contributed by atoms with Crippen molar-refractivity contribution in [1.82, 2.24) is 21.7 Å². The van der Waals surface area contributed by atoms with Gasteiger partial charge in [-0.15, -0.1) is 0 Å². The molecule has 0 aliphatic carbocycles. The lowest BCUT2D eigenvalue weighted by molar-refractivity contribution is -0.131. The number of hydrogen-bond donors (Lipinski definition) is 4. The fourth-order valence-corrected chi connectivity index (χ4v) is 3.09. The van der Waals surface area contributed by atoms with E-state index in [1.807, 2.05) is 52.0 Å². The summed E-state index contributed by atoms with van der Waals surface area (Å²) in [5.41, 5.74) is 13.1.